The van der Waals surface area contributed by atoms with Crippen LogP contribution in [-0.2, 0) is 9.68 Å². The molecule has 0 radical (unpaired) electrons. The minimum absolute atomic E-state index is 0.403. The highest BCUT2D eigenvalue weighted by atomic mass is 17.1. The fraction of sp³-hybridized carbons (Fsp3) is 0.900. The third-order valence-electron chi connectivity index (χ3n) is 2.42. The average molecular weight is 201 g/mol. The van der Waals surface area contributed by atoms with E-state index in [1.54, 1.807) is 20.8 Å². The van der Waals surface area contributed by atoms with Crippen LogP contribution in [0.4, 0.5) is 0 Å². The Labute approximate surface area is 84.6 Å². The molecule has 2 rings (SSSR count). The minimum atomic E-state index is -0.403. The van der Waals surface area contributed by atoms with E-state index in [-0.39, 0.29) is 0 Å². The summed E-state index contributed by atoms with van der Waals surface area (Å²) in [6, 6.07) is 0. The van der Waals surface area contributed by atoms with Crippen molar-refractivity contribution in [3.05, 3.63) is 0 Å². The fourth-order valence-corrected chi connectivity index (χ4v) is 1.51. The van der Waals surface area contributed by atoms with Crippen LogP contribution in [0, 0.1) is 5.41 Å². The number of rotatable bonds is 0. The van der Waals surface area contributed by atoms with Crippen molar-refractivity contribution in [3.8, 4) is 0 Å². The monoisotopic (exact) mass is 201 g/mol. The summed E-state index contributed by atoms with van der Waals surface area (Å²) in [4.78, 5) is 14.4. The van der Waals surface area contributed by atoms with Crippen LogP contribution in [0.15, 0.2) is 0 Å². The maximum atomic E-state index is 10.5. The first kappa shape index (κ1) is 11.6. The quantitative estimate of drug-likeness (QED) is 0.457. The van der Waals surface area contributed by atoms with Crippen molar-refractivity contribution in [2.75, 3.05) is 13.1 Å². The summed E-state index contributed by atoms with van der Waals surface area (Å²) in [6.07, 6.45) is 1.69. The second kappa shape index (κ2) is 3.96. The van der Waals surface area contributed by atoms with Crippen molar-refractivity contribution in [2.24, 2.45) is 5.41 Å². The van der Waals surface area contributed by atoms with Crippen LogP contribution < -0.4 is 5.32 Å². The number of nitrogens with one attached hydrogen (secondary N) is 1. The lowest BCUT2D eigenvalue weighted by molar-refractivity contribution is -0.306. The number of carbonyl (C=O) groups excluding carboxylic acids is 1. The molecule has 0 atom stereocenters. The Morgan fingerprint density at radius 2 is 1.79 bits per heavy atom. The van der Waals surface area contributed by atoms with Gasteiger partial charge in [0, 0.05) is 31.3 Å². The Hall–Kier alpha value is -0.450. The standard InChI is InChI=1S/C6H9NO.C4H10O2/c8-5-1-6(2-5)3-7-4-6;1-4(2,3)6-5/h7H,1-4H2;5H,1-3H3. The van der Waals surface area contributed by atoms with Gasteiger partial charge < -0.3 is 5.32 Å². The van der Waals surface area contributed by atoms with Crippen molar-refractivity contribution in [3.63, 3.8) is 0 Å². The number of hydrogen-bond donors (Lipinski definition) is 2. The largest absolute Gasteiger partial charge is 0.315 e. The highest BCUT2D eigenvalue weighted by molar-refractivity contribution is 5.86. The molecular weight excluding hydrogens is 182 g/mol. The van der Waals surface area contributed by atoms with Crippen LogP contribution in [0.25, 0.3) is 0 Å². The summed E-state index contributed by atoms with van der Waals surface area (Å²) < 4.78 is 0. The molecule has 1 saturated carbocycles. The lowest BCUT2D eigenvalue weighted by atomic mass is 9.64. The van der Waals surface area contributed by atoms with E-state index in [9.17, 15) is 4.79 Å². The molecule has 0 bridgehead atoms. The van der Waals surface area contributed by atoms with Gasteiger partial charge in [0.2, 0.25) is 0 Å². The molecule has 1 aliphatic heterocycles. The summed E-state index contributed by atoms with van der Waals surface area (Å²) in [5.74, 6) is 0.450. The summed E-state index contributed by atoms with van der Waals surface area (Å²) in [7, 11) is 0. The molecule has 4 heteroatoms. The highest BCUT2D eigenvalue weighted by Gasteiger charge is 2.47. The van der Waals surface area contributed by atoms with E-state index < -0.39 is 5.60 Å². The Morgan fingerprint density at radius 1 is 1.36 bits per heavy atom. The highest BCUT2D eigenvalue weighted by Crippen LogP contribution is 2.40. The number of Topliss-reactive ketones (excluding diaryl/α,β-unsaturated/α-hetero) is 1. The lowest BCUT2D eigenvalue weighted by Crippen LogP contribution is -2.60. The maximum Gasteiger partial charge on any atom is 0.134 e. The normalized spacial score (nSPS) is 23.3. The van der Waals surface area contributed by atoms with Crippen LogP contribution >= 0.6 is 0 Å². The van der Waals surface area contributed by atoms with Gasteiger partial charge in [0.1, 0.15) is 5.78 Å². The van der Waals surface area contributed by atoms with Crippen molar-refractivity contribution in [1.29, 1.82) is 0 Å². The van der Waals surface area contributed by atoms with E-state index in [4.69, 9.17) is 5.26 Å². The van der Waals surface area contributed by atoms with Gasteiger partial charge >= 0.3 is 0 Å². The lowest BCUT2D eigenvalue weighted by Gasteiger charge is -2.48. The zero-order valence-electron chi connectivity index (χ0n) is 9.09. The molecule has 14 heavy (non-hydrogen) atoms. The van der Waals surface area contributed by atoms with Gasteiger partial charge in [0.05, 0.1) is 5.60 Å². The smallest absolute Gasteiger partial charge is 0.134 e. The van der Waals surface area contributed by atoms with Crippen LogP contribution in [-0.4, -0.2) is 29.7 Å². The van der Waals surface area contributed by atoms with E-state index in [2.05, 4.69) is 10.2 Å². The van der Waals surface area contributed by atoms with E-state index in [1.807, 2.05) is 0 Å². The number of ketones is 1. The molecule has 0 unspecified atom stereocenters. The van der Waals surface area contributed by atoms with Gasteiger partial charge in [-0.15, -0.1) is 0 Å². The molecule has 82 valence electrons. The summed E-state index contributed by atoms with van der Waals surface area (Å²) >= 11 is 0. The van der Waals surface area contributed by atoms with Crippen LogP contribution in [0.1, 0.15) is 33.6 Å². The van der Waals surface area contributed by atoms with Gasteiger partial charge in [0.15, 0.2) is 0 Å². The van der Waals surface area contributed by atoms with E-state index in [0.29, 0.717) is 11.2 Å². The maximum absolute atomic E-state index is 10.5. The molecule has 2 N–H and O–H groups in total. The molecule has 0 amide bonds. The van der Waals surface area contributed by atoms with E-state index >= 15 is 0 Å². The van der Waals surface area contributed by atoms with Crippen LogP contribution in [0.5, 0.6) is 0 Å². The zero-order chi connectivity index (χ0) is 10.8. The van der Waals surface area contributed by atoms with Gasteiger partial charge in [0.25, 0.3) is 0 Å². The molecule has 0 aromatic rings. The molecule has 4 nitrogen and oxygen atoms in total. The number of carbonyl (C=O) groups is 1. The first-order chi connectivity index (χ1) is 6.37. The molecule has 2 aliphatic rings. The van der Waals surface area contributed by atoms with Gasteiger partial charge in [-0.1, -0.05) is 0 Å². The molecule has 1 spiro atoms. The summed E-state index contributed by atoms with van der Waals surface area (Å²) in [5.41, 5.74) is 0.0527. The molecule has 0 aromatic carbocycles. The van der Waals surface area contributed by atoms with Crippen LogP contribution in [0.3, 0.4) is 0 Å². The summed E-state index contributed by atoms with van der Waals surface area (Å²) in [5, 5.41) is 11.1. The van der Waals surface area contributed by atoms with Crippen molar-refractivity contribution >= 4 is 5.78 Å². The molecular formula is C10H19NO3. The third kappa shape index (κ3) is 3.04. The molecule has 1 saturated heterocycles. The molecule has 1 heterocycles. The van der Waals surface area contributed by atoms with E-state index in [1.165, 1.54) is 0 Å². The Morgan fingerprint density at radius 3 is 1.86 bits per heavy atom. The zero-order valence-corrected chi connectivity index (χ0v) is 9.09. The third-order valence-corrected chi connectivity index (χ3v) is 2.42. The predicted octanol–water partition coefficient (Wildman–Crippen LogP) is 1.21. The SMILES string of the molecule is CC(C)(C)OO.O=C1CC2(CNC2)C1. The second-order valence-corrected chi connectivity index (χ2v) is 5.20. The predicted molar refractivity (Wildman–Crippen MR) is 53.0 cm³/mol. The topological polar surface area (TPSA) is 58.6 Å². The Kier molecular flexibility index (Phi) is 3.29. The molecule has 2 fully saturated rings. The van der Waals surface area contributed by atoms with Gasteiger partial charge in [-0.2, -0.15) is 0 Å². The molecule has 0 aromatic heterocycles. The summed E-state index contributed by atoms with van der Waals surface area (Å²) in [6.45, 7) is 7.48. The second-order valence-electron chi connectivity index (χ2n) is 5.20. The van der Waals surface area contributed by atoms with Gasteiger partial charge in [-0.3, -0.25) is 10.1 Å². The van der Waals surface area contributed by atoms with E-state index in [0.717, 1.165) is 25.9 Å². The van der Waals surface area contributed by atoms with Crippen molar-refractivity contribution in [2.45, 2.75) is 39.2 Å². The average Bonchev–Trinajstić information content (AvgIpc) is 1.95. The first-order valence-electron chi connectivity index (χ1n) is 4.92. The Bertz CT molecular complexity index is 206. The first-order valence-corrected chi connectivity index (χ1v) is 4.92. The Balaban J connectivity index is 0.000000149. The van der Waals surface area contributed by atoms with Crippen LogP contribution in [0.2, 0.25) is 0 Å². The van der Waals surface area contributed by atoms with Gasteiger partial charge in [-0.05, 0) is 20.8 Å². The minimum Gasteiger partial charge on any atom is -0.315 e. The van der Waals surface area contributed by atoms with Crippen molar-refractivity contribution in [1.82, 2.24) is 5.32 Å². The molecule has 1 aliphatic carbocycles. The fourth-order valence-electron chi connectivity index (χ4n) is 1.51. The van der Waals surface area contributed by atoms with Crippen molar-refractivity contribution < 1.29 is 14.9 Å². The number of hydrogen-bond acceptors (Lipinski definition) is 4. The van der Waals surface area contributed by atoms with Gasteiger partial charge in [-0.25, -0.2) is 4.89 Å².